The fourth-order valence-corrected chi connectivity index (χ4v) is 1.11. The van der Waals surface area contributed by atoms with Crippen LogP contribution in [0.15, 0.2) is 47.1 Å². The fraction of sp³-hybridized carbons (Fsp3) is 0.0909. The highest BCUT2D eigenvalue weighted by Gasteiger charge is 1.94. The second-order valence-corrected chi connectivity index (χ2v) is 2.72. The third kappa shape index (κ3) is 2.12. The minimum absolute atomic E-state index is 0.719. The van der Waals surface area contributed by atoms with E-state index in [1.807, 2.05) is 36.4 Å². The molecule has 0 saturated heterocycles. The molecule has 0 atom stereocenters. The Morgan fingerprint density at radius 1 is 1.23 bits per heavy atom. The van der Waals surface area contributed by atoms with Crippen molar-refractivity contribution < 1.29 is 4.42 Å². The van der Waals surface area contributed by atoms with Gasteiger partial charge in [0.15, 0.2) is 0 Å². The molecular weight excluding hydrogens is 162 g/mol. The van der Waals surface area contributed by atoms with E-state index in [-0.39, 0.29) is 0 Å². The molecule has 0 aliphatic heterocycles. The molecule has 0 fully saturated rings. The Bertz CT molecular complexity index is 340. The van der Waals surface area contributed by atoms with Gasteiger partial charge in [-0.2, -0.15) is 0 Å². The Morgan fingerprint density at radius 3 is 2.77 bits per heavy atom. The Balaban J connectivity index is 1.94. The molecule has 1 aromatic carbocycles. The lowest BCUT2D eigenvalue weighted by molar-refractivity contribution is 0.518. The van der Waals surface area contributed by atoms with Crippen molar-refractivity contribution in [3.63, 3.8) is 0 Å². The first-order valence-corrected chi connectivity index (χ1v) is 4.17. The molecule has 13 heavy (non-hydrogen) atoms. The van der Waals surface area contributed by atoms with Gasteiger partial charge in [-0.1, -0.05) is 12.1 Å². The monoisotopic (exact) mass is 172 g/mol. The zero-order chi connectivity index (χ0) is 8.93. The van der Waals surface area contributed by atoms with Crippen molar-refractivity contribution in [2.24, 2.45) is 0 Å². The first-order chi connectivity index (χ1) is 6.45. The molecule has 0 amide bonds. The molecule has 2 rings (SSSR count). The molecule has 0 saturated carbocycles. The summed E-state index contributed by atoms with van der Waals surface area (Å²) in [6.45, 7) is 0.719. The van der Waals surface area contributed by atoms with Crippen molar-refractivity contribution in [3.8, 4) is 0 Å². The van der Waals surface area contributed by atoms with E-state index < -0.39 is 0 Å². The van der Waals surface area contributed by atoms with Crippen molar-refractivity contribution in [3.05, 3.63) is 54.5 Å². The summed E-state index contributed by atoms with van der Waals surface area (Å²) >= 11 is 0. The van der Waals surface area contributed by atoms with Gasteiger partial charge in [0.1, 0.15) is 5.76 Å². The van der Waals surface area contributed by atoms with Gasteiger partial charge >= 0.3 is 0 Å². The van der Waals surface area contributed by atoms with Crippen LogP contribution < -0.4 is 5.32 Å². The van der Waals surface area contributed by atoms with Gasteiger partial charge in [0, 0.05) is 5.69 Å². The predicted molar refractivity (Wildman–Crippen MR) is 51.3 cm³/mol. The predicted octanol–water partition coefficient (Wildman–Crippen LogP) is 2.69. The summed E-state index contributed by atoms with van der Waals surface area (Å²) < 4.78 is 5.18. The summed E-state index contributed by atoms with van der Waals surface area (Å²) in [5.41, 5.74) is 1.08. The Labute approximate surface area is 77.2 Å². The van der Waals surface area contributed by atoms with Crippen molar-refractivity contribution >= 4 is 5.69 Å². The molecule has 0 aliphatic rings. The molecule has 0 aliphatic carbocycles. The molecular formula is C11H10NO. The molecule has 1 radical (unpaired) electrons. The molecule has 0 unspecified atom stereocenters. The van der Waals surface area contributed by atoms with Crippen molar-refractivity contribution in [1.82, 2.24) is 0 Å². The molecule has 1 aromatic heterocycles. The highest BCUT2D eigenvalue weighted by atomic mass is 16.3. The maximum atomic E-state index is 5.18. The summed E-state index contributed by atoms with van der Waals surface area (Å²) in [5, 5.41) is 3.23. The SMILES string of the molecule is [c]1ccc(NCc2ccco2)cc1. The summed E-state index contributed by atoms with van der Waals surface area (Å²) in [6.07, 6.45) is 1.68. The first-order valence-electron chi connectivity index (χ1n) is 4.17. The van der Waals surface area contributed by atoms with E-state index in [1.54, 1.807) is 6.26 Å². The molecule has 1 N–H and O–H groups in total. The highest BCUT2D eigenvalue weighted by molar-refractivity contribution is 5.42. The van der Waals surface area contributed by atoms with E-state index >= 15 is 0 Å². The molecule has 2 aromatic rings. The quantitative estimate of drug-likeness (QED) is 0.770. The maximum Gasteiger partial charge on any atom is 0.122 e. The zero-order valence-corrected chi connectivity index (χ0v) is 7.16. The molecule has 1 heterocycles. The lowest BCUT2D eigenvalue weighted by atomic mass is 10.3. The van der Waals surface area contributed by atoms with Crippen molar-refractivity contribution in [2.75, 3.05) is 5.32 Å². The van der Waals surface area contributed by atoms with Crippen LogP contribution in [0.1, 0.15) is 5.76 Å². The zero-order valence-electron chi connectivity index (χ0n) is 7.16. The third-order valence-electron chi connectivity index (χ3n) is 1.77. The van der Waals surface area contributed by atoms with Crippen LogP contribution in [0.25, 0.3) is 0 Å². The number of anilines is 1. The van der Waals surface area contributed by atoms with E-state index in [9.17, 15) is 0 Å². The molecule has 2 nitrogen and oxygen atoms in total. The van der Waals surface area contributed by atoms with Gasteiger partial charge in [-0.15, -0.1) is 0 Å². The third-order valence-corrected chi connectivity index (χ3v) is 1.77. The number of hydrogen-bond acceptors (Lipinski definition) is 2. The largest absolute Gasteiger partial charge is 0.467 e. The van der Waals surface area contributed by atoms with Crippen LogP contribution in [0.5, 0.6) is 0 Å². The lowest BCUT2D eigenvalue weighted by Crippen LogP contribution is -1.96. The van der Waals surface area contributed by atoms with Gasteiger partial charge in [0.25, 0.3) is 0 Å². The first kappa shape index (κ1) is 7.92. The van der Waals surface area contributed by atoms with Crippen molar-refractivity contribution in [2.45, 2.75) is 6.54 Å². The smallest absolute Gasteiger partial charge is 0.122 e. The average Bonchev–Trinajstić information content (AvgIpc) is 2.69. The number of rotatable bonds is 3. The van der Waals surface area contributed by atoms with E-state index in [4.69, 9.17) is 4.42 Å². The van der Waals surface area contributed by atoms with Crippen LogP contribution in [-0.4, -0.2) is 0 Å². The minimum atomic E-state index is 0.719. The molecule has 0 spiro atoms. The summed E-state index contributed by atoms with van der Waals surface area (Å²) in [4.78, 5) is 0. The van der Waals surface area contributed by atoms with Gasteiger partial charge in [-0.3, -0.25) is 0 Å². The standard InChI is InChI=1S/C11H10NO/c1-2-5-10(6-3-1)12-9-11-7-4-8-13-11/h2-8,12H,9H2. The second kappa shape index (κ2) is 3.81. The van der Waals surface area contributed by atoms with E-state index in [0.29, 0.717) is 0 Å². The summed E-state index contributed by atoms with van der Waals surface area (Å²) in [5.74, 6) is 0.938. The van der Waals surface area contributed by atoms with Gasteiger partial charge in [0.2, 0.25) is 0 Å². The number of nitrogens with one attached hydrogen (secondary N) is 1. The summed E-state index contributed by atoms with van der Waals surface area (Å²) in [7, 11) is 0. The van der Waals surface area contributed by atoms with E-state index in [1.165, 1.54) is 0 Å². The van der Waals surface area contributed by atoms with Gasteiger partial charge in [-0.05, 0) is 30.3 Å². The number of hydrogen-bond donors (Lipinski definition) is 1. The van der Waals surface area contributed by atoms with Gasteiger partial charge in [0.05, 0.1) is 12.8 Å². The maximum absolute atomic E-state index is 5.18. The van der Waals surface area contributed by atoms with E-state index in [0.717, 1.165) is 18.0 Å². The normalized spacial score (nSPS) is 9.85. The fourth-order valence-electron chi connectivity index (χ4n) is 1.11. The van der Waals surface area contributed by atoms with Crippen LogP contribution >= 0.6 is 0 Å². The summed E-state index contributed by atoms with van der Waals surface area (Å²) in [6, 6.07) is 14.5. The number of benzene rings is 1. The van der Waals surface area contributed by atoms with E-state index in [2.05, 4.69) is 11.4 Å². The lowest BCUT2D eigenvalue weighted by Gasteiger charge is -2.02. The van der Waals surface area contributed by atoms with Crippen LogP contribution in [-0.2, 0) is 6.54 Å². The highest BCUT2D eigenvalue weighted by Crippen LogP contribution is 2.07. The van der Waals surface area contributed by atoms with Crippen molar-refractivity contribution in [1.29, 1.82) is 0 Å². The Kier molecular flexibility index (Phi) is 2.32. The molecule has 0 bridgehead atoms. The molecule has 2 heteroatoms. The van der Waals surface area contributed by atoms with Crippen LogP contribution in [0.3, 0.4) is 0 Å². The minimum Gasteiger partial charge on any atom is -0.467 e. The number of furan rings is 1. The van der Waals surface area contributed by atoms with Crippen LogP contribution in [0.4, 0.5) is 5.69 Å². The van der Waals surface area contributed by atoms with Gasteiger partial charge < -0.3 is 9.73 Å². The van der Waals surface area contributed by atoms with Gasteiger partial charge in [-0.25, -0.2) is 0 Å². The average molecular weight is 172 g/mol. The van der Waals surface area contributed by atoms with Crippen LogP contribution in [0.2, 0.25) is 0 Å². The second-order valence-electron chi connectivity index (χ2n) is 2.72. The Hall–Kier alpha value is -1.70. The topological polar surface area (TPSA) is 25.2 Å². The molecule has 65 valence electrons. The Morgan fingerprint density at radius 2 is 2.08 bits per heavy atom. The van der Waals surface area contributed by atoms with Crippen LogP contribution in [0, 0.1) is 6.07 Å².